The van der Waals surface area contributed by atoms with Crippen LogP contribution in [-0.2, 0) is 4.79 Å². The zero-order valence-electron chi connectivity index (χ0n) is 23.6. The quantitative estimate of drug-likeness (QED) is 0.213. The lowest BCUT2D eigenvalue weighted by atomic mass is 10.1. The molecular weight excluding hydrogens is 514 g/mol. The van der Waals surface area contributed by atoms with Gasteiger partial charge in [-0.05, 0) is 75.5 Å². The van der Waals surface area contributed by atoms with E-state index < -0.39 is 0 Å². The molecule has 0 radical (unpaired) electrons. The van der Waals surface area contributed by atoms with Gasteiger partial charge in [-0.2, -0.15) is 5.10 Å². The van der Waals surface area contributed by atoms with Crippen molar-refractivity contribution in [1.82, 2.24) is 25.0 Å². The monoisotopic (exact) mass is 551 g/mol. The van der Waals surface area contributed by atoms with Crippen molar-refractivity contribution < 1.29 is 9.53 Å². The fraction of sp³-hybridized carbons (Fsp3) is 0.344. The van der Waals surface area contributed by atoms with E-state index >= 15 is 0 Å². The number of H-pyrrole nitrogens is 1. The number of ether oxygens (including phenoxy) is 1. The van der Waals surface area contributed by atoms with Gasteiger partial charge in [0.2, 0.25) is 5.91 Å². The molecule has 4 aromatic rings. The third kappa shape index (κ3) is 6.52. The fourth-order valence-electron chi connectivity index (χ4n) is 5.34. The molecule has 1 saturated heterocycles. The van der Waals surface area contributed by atoms with Gasteiger partial charge in [0, 0.05) is 61.4 Å². The largest absolute Gasteiger partial charge is 0.456 e. The summed E-state index contributed by atoms with van der Waals surface area (Å²) in [5.41, 5.74) is 3.68. The van der Waals surface area contributed by atoms with Crippen LogP contribution in [0.1, 0.15) is 31.2 Å². The van der Waals surface area contributed by atoms with Gasteiger partial charge in [0.25, 0.3) is 0 Å². The molecule has 3 heterocycles. The summed E-state index contributed by atoms with van der Waals surface area (Å²) in [6, 6.07) is 18.8. The number of nitrogens with zero attached hydrogens (tertiary/aromatic N) is 4. The number of likely N-dealkylation sites (N-methyl/N-ethyl adjacent to an activating group) is 1. The maximum atomic E-state index is 12.9. The molecule has 0 spiro atoms. The summed E-state index contributed by atoms with van der Waals surface area (Å²) in [5, 5.41) is 15.3. The SMILES string of the molecule is Cc1cc(Nc2ccccc2)ccc1Oc1ccnc2[nH]nc(NC3CCCN(C(=O)/C=C/CN(C)C4CC4)C3)c12. The number of para-hydroxylation sites is 1. The maximum Gasteiger partial charge on any atom is 0.246 e. The minimum Gasteiger partial charge on any atom is -0.456 e. The second-order valence-corrected chi connectivity index (χ2v) is 11.0. The Morgan fingerprint density at radius 3 is 2.78 bits per heavy atom. The summed E-state index contributed by atoms with van der Waals surface area (Å²) in [6.07, 6.45) is 9.85. The molecule has 3 N–H and O–H groups in total. The Balaban J connectivity index is 1.13. The molecular formula is C32H37N7O2. The summed E-state index contributed by atoms with van der Waals surface area (Å²) in [7, 11) is 2.12. The van der Waals surface area contributed by atoms with Crippen molar-refractivity contribution in [2.24, 2.45) is 0 Å². The molecule has 41 heavy (non-hydrogen) atoms. The van der Waals surface area contributed by atoms with Gasteiger partial charge in [0.05, 0.1) is 0 Å². The number of aromatic amines is 1. The van der Waals surface area contributed by atoms with Gasteiger partial charge >= 0.3 is 0 Å². The standard InChI is InChI=1S/C32H37N7O2/c1-22-20-24(34-23-8-4-3-5-9-23)12-15-27(22)41-28-16-17-33-31-30(28)32(37-36-31)35-25-10-6-19-39(21-25)29(40)11-7-18-38(2)26-13-14-26/h3-5,7-9,11-12,15-17,20,25-26,34H,6,10,13-14,18-19,21H2,1-2H3,(H2,33,35,36,37)/b11-7+. The summed E-state index contributed by atoms with van der Waals surface area (Å²) >= 11 is 0. The van der Waals surface area contributed by atoms with E-state index in [1.807, 2.05) is 66.4 Å². The summed E-state index contributed by atoms with van der Waals surface area (Å²) in [5.74, 6) is 2.18. The smallest absolute Gasteiger partial charge is 0.246 e. The fourth-order valence-corrected chi connectivity index (χ4v) is 5.34. The number of hydrogen-bond donors (Lipinski definition) is 3. The van der Waals surface area contributed by atoms with E-state index in [9.17, 15) is 4.79 Å². The van der Waals surface area contributed by atoms with Crippen LogP contribution in [0.5, 0.6) is 11.5 Å². The minimum atomic E-state index is 0.0685. The lowest BCUT2D eigenvalue weighted by Gasteiger charge is -2.32. The molecule has 2 aromatic carbocycles. The summed E-state index contributed by atoms with van der Waals surface area (Å²) < 4.78 is 6.41. The van der Waals surface area contributed by atoms with Crippen molar-refractivity contribution in [2.45, 2.75) is 44.7 Å². The molecule has 1 saturated carbocycles. The Bertz CT molecular complexity index is 1530. The highest BCUT2D eigenvalue weighted by Gasteiger charge is 2.26. The highest BCUT2D eigenvalue weighted by Crippen LogP contribution is 2.35. The van der Waals surface area contributed by atoms with Crippen LogP contribution >= 0.6 is 0 Å². The number of aromatic nitrogens is 3. The van der Waals surface area contributed by atoms with Crippen molar-refractivity contribution in [3.63, 3.8) is 0 Å². The Labute approximate surface area is 240 Å². The predicted molar refractivity (Wildman–Crippen MR) is 163 cm³/mol. The van der Waals surface area contributed by atoms with Crippen LogP contribution in [-0.4, -0.2) is 69.7 Å². The molecule has 1 amide bonds. The number of piperidine rings is 1. The minimum absolute atomic E-state index is 0.0685. The van der Waals surface area contributed by atoms with Crippen molar-refractivity contribution >= 4 is 34.1 Å². The number of benzene rings is 2. The van der Waals surface area contributed by atoms with Gasteiger partial charge in [-0.1, -0.05) is 24.3 Å². The number of carbonyl (C=O) groups is 1. The van der Waals surface area contributed by atoms with Crippen LogP contribution in [0.4, 0.5) is 17.2 Å². The number of likely N-dealkylation sites (tertiary alicyclic amines) is 1. The van der Waals surface area contributed by atoms with Gasteiger partial charge in [-0.15, -0.1) is 0 Å². The first-order valence-corrected chi connectivity index (χ1v) is 14.4. The Morgan fingerprint density at radius 2 is 1.98 bits per heavy atom. The lowest BCUT2D eigenvalue weighted by molar-refractivity contribution is -0.127. The first-order chi connectivity index (χ1) is 20.0. The summed E-state index contributed by atoms with van der Waals surface area (Å²) in [4.78, 5) is 21.6. The molecule has 2 aromatic heterocycles. The molecule has 1 aliphatic heterocycles. The lowest BCUT2D eigenvalue weighted by Crippen LogP contribution is -2.44. The molecule has 6 rings (SSSR count). The number of rotatable bonds is 10. The molecule has 2 fully saturated rings. The molecule has 9 heteroatoms. The van der Waals surface area contributed by atoms with Crippen LogP contribution in [0.25, 0.3) is 11.0 Å². The Kier molecular flexibility index (Phi) is 7.86. The molecule has 1 atom stereocenters. The van der Waals surface area contributed by atoms with E-state index in [4.69, 9.17) is 4.74 Å². The van der Waals surface area contributed by atoms with Crippen LogP contribution in [0.2, 0.25) is 0 Å². The molecule has 1 unspecified atom stereocenters. The highest BCUT2D eigenvalue weighted by atomic mass is 16.5. The number of amides is 1. The molecule has 212 valence electrons. The normalized spacial score (nSPS) is 17.3. The second-order valence-electron chi connectivity index (χ2n) is 11.0. The number of hydrogen-bond acceptors (Lipinski definition) is 7. The van der Waals surface area contributed by atoms with E-state index in [1.54, 1.807) is 12.3 Å². The zero-order chi connectivity index (χ0) is 28.2. The van der Waals surface area contributed by atoms with Crippen molar-refractivity contribution in [3.8, 4) is 11.5 Å². The number of nitrogens with one attached hydrogen (secondary N) is 3. The molecule has 2 aliphatic rings. The Morgan fingerprint density at radius 1 is 1.12 bits per heavy atom. The number of fused-ring (bicyclic) bond motifs is 1. The third-order valence-corrected chi connectivity index (χ3v) is 7.78. The number of carbonyl (C=O) groups excluding carboxylic acids is 1. The van der Waals surface area contributed by atoms with E-state index in [0.717, 1.165) is 54.0 Å². The van der Waals surface area contributed by atoms with E-state index in [0.29, 0.717) is 29.8 Å². The topological polar surface area (TPSA) is 98.4 Å². The van der Waals surface area contributed by atoms with Crippen molar-refractivity contribution in [1.29, 1.82) is 0 Å². The molecule has 0 bridgehead atoms. The van der Waals surface area contributed by atoms with Crippen molar-refractivity contribution in [2.75, 3.05) is 37.3 Å². The van der Waals surface area contributed by atoms with E-state index in [1.165, 1.54) is 12.8 Å². The predicted octanol–water partition coefficient (Wildman–Crippen LogP) is 5.86. The number of aryl methyl sites for hydroxylation is 1. The van der Waals surface area contributed by atoms with Gasteiger partial charge in [0.15, 0.2) is 11.5 Å². The number of pyridine rings is 1. The van der Waals surface area contributed by atoms with Gasteiger partial charge in [0.1, 0.15) is 16.9 Å². The van der Waals surface area contributed by atoms with Gasteiger partial charge in [-0.25, -0.2) is 4.98 Å². The first kappa shape index (κ1) is 26.8. The molecule has 9 nitrogen and oxygen atoms in total. The highest BCUT2D eigenvalue weighted by molar-refractivity contribution is 5.93. The van der Waals surface area contributed by atoms with Gasteiger partial charge < -0.3 is 20.3 Å². The Hall–Kier alpha value is -4.37. The van der Waals surface area contributed by atoms with Crippen LogP contribution in [0.3, 0.4) is 0 Å². The van der Waals surface area contributed by atoms with Gasteiger partial charge in [-0.3, -0.25) is 14.8 Å². The van der Waals surface area contributed by atoms with Crippen LogP contribution in [0.15, 0.2) is 72.9 Å². The third-order valence-electron chi connectivity index (χ3n) is 7.78. The summed E-state index contributed by atoms with van der Waals surface area (Å²) in [6.45, 7) is 4.24. The zero-order valence-corrected chi connectivity index (χ0v) is 23.6. The second kappa shape index (κ2) is 12.0. The van der Waals surface area contributed by atoms with Crippen LogP contribution < -0.4 is 15.4 Å². The van der Waals surface area contributed by atoms with Crippen molar-refractivity contribution in [3.05, 3.63) is 78.5 Å². The average molecular weight is 552 g/mol. The molecule has 1 aliphatic carbocycles. The first-order valence-electron chi connectivity index (χ1n) is 14.4. The number of anilines is 3. The van der Waals surface area contributed by atoms with Crippen LogP contribution in [0, 0.1) is 6.92 Å². The average Bonchev–Trinajstić information content (AvgIpc) is 3.76. The maximum absolute atomic E-state index is 12.9. The van der Waals surface area contributed by atoms with E-state index in [2.05, 4.69) is 43.8 Å². The van der Waals surface area contributed by atoms with E-state index in [-0.39, 0.29) is 11.9 Å².